The third-order valence-electron chi connectivity index (χ3n) is 3.38. The molecular weight excluding hydrogens is 253 g/mol. The van der Waals surface area contributed by atoms with E-state index in [1.54, 1.807) is 24.3 Å². The van der Waals surface area contributed by atoms with Crippen LogP contribution in [-0.4, -0.2) is 17.4 Å². The zero-order valence-corrected chi connectivity index (χ0v) is 11.1. The fourth-order valence-corrected chi connectivity index (χ4v) is 2.33. The van der Waals surface area contributed by atoms with E-state index in [1.807, 2.05) is 25.1 Å². The molecule has 0 saturated carbocycles. The normalized spacial score (nSPS) is 14.1. The maximum absolute atomic E-state index is 13.9. The second-order valence-electron chi connectivity index (χ2n) is 4.87. The predicted molar refractivity (Wildman–Crippen MR) is 78.6 cm³/mol. The van der Waals surface area contributed by atoms with E-state index in [-0.39, 0.29) is 11.6 Å². The van der Waals surface area contributed by atoms with Gasteiger partial charge in [0, 0.05) is 11.1 Å². The molecule has 0 bridgehead atoms. The van der Waals surface area contributed by atoms with E-state index in [9.17, 15) is 9.50 Å². The van der Waals surface area contributed by atoms with Crippen LogP contribution in [0.25, 0.3) is 5.57 Å². The SMILES string of the molecule is Cc1ccc(F)c(C2=CC(c3ccccc3O)=NC2)c1. The molecule has 0 amide bonds. The number of aliphatic imine (C=N–C) groups is 1. The first-order valence-corrected chi connectivity index (χ1v) is 6.45. The van der Waals surface area contributed by atoms with Gasteiger partial charge in [0.15, 0.2) is 0 Å². The molecule has 0 unspecified atom stereocenters. The number of benzene rings is 2. The van der Waals surface area contributed by atoms with Crippen LogP contribution in [0.2, 0.25) is 0 Å². The lowest BCUT2D eigenvalue weighted by molar-refractivity contribution is 0.474. The van der Waals surface area contributed by atoms with Gasteiger partial charge in [0.05, 0.1) is 12.3 Å². The summed E-state index contributed by atoms with van der Waals surface area (Å²) in [6, 6.07) is 12.1. The summed E-state index contributed by atoms with van der Waals surface area (Å²) in [5.41, 5.74) is 3.80. The van der Waals surface area contributed by atoms with E-state index in [4.69, 9.17) is 0 Å². The van der Waals surface area contributed by atoms with Crippen LogP contribution >= 0.6 is 0 Å². The van der Waals surface area contributed by atoms with Gasteiger partial charge in [-0.2, -0.15) is 0 Å². The molecule has 0 fully saturated rings. The van der Waals surface area contributed by atoms with E-state index < -0.39 is 0 Å². The number of phenolic OH excluding ortho intramolecular Hbond substituents is 1. The van der Waals surface area contributed by atoms with Crippen molar-refractivity contribution >= 4 is 11.3 Å². The molecule has 1 aliphatic rings. The average molecular weight is 267 g/mol. The number of rotatable bonds is 2. The highest BCUT2D eigenvalue weighted by Gasteiger charge is 2.16. The van der Waals surface area contributed by atoms with Gasteiger partial charge in [-0.25, -0.2) is 4.39 Å². The van der Waals surface area contributed by atoms with Crippen molar-refractivity contribution in [3.8, 4) is 5.75 Å². The van der Waals surface area contributed by atoms with Crippen LogP contribution in [0.4, 0.5) is 4.39 Å². The van der Waals surface area contributed by atoms with Crippen LogP contribution in [0.5, 0.6) is 5.75 Å². The molecule has 0 spiro atoms. The Labute approximate surface area is 116 Å². The molecule has 0 saturated heterocycles. The van der Waals surface area contributed by atoms with Crippen LogP contribution in [0.15, 0.2) is 53.5 Å². The topological polar surface area (TPSA) is 32.6 Å². The van der Waals surface area contributed by atoms with Gasteiger partial charge >= 0.3 is 0 Å². The number of aromatic hydroxyl groups is 1. The van der Waals surface area contributed by atoms with Crippen LogP contribution in [0.1, 0.15) is 16.7 Å². The molecule has 0 aromatic heterocycles. The van der Waals surface area contributed by atoms with Crippen LogP contribution in [0, 0.1) is 12.7 Å². The van der Waals surface area contributed by atoms with Crippen LogP contribution in [0.3, 0.4) is 0 Å². The van der Waals surface area contributed by atoms with Crippen molar-refractivity contribution in [1.29, 1.82) is 0 Å². The minimum atomic E-state index is -0.240. The second kappa shape index (κ2) is 4.93. The molecule has 0 radical (unpaired) electrons. The summed E-state index contributed by atoms with van der Waals surface area (Å²) < 4.78 is 13.9. The van der Waals surface area contributed by atoms with Crippen molar-refractivity contribution in [2.45, 2.75) is 6.92 Å². The number of hydrogen-bond donors (Lipinski definition) is 1. The Kier molecular flexibility index (Phi) is 3.11. The minimum absolute atomic E-state index is 0.188. The van der Waals surface area contributed by atoms with Gasteiger partial charge in [0.25, 0.3) is 0 Å². The van der Waals surface area contributed by atoms with Crippen molar-refractivity contribution in [2.24, 2.45) is 4.99 Å². The van der Waals surface area contributed by atoms with Gasteiger partial charge < -0.3 is 5.11 Å². The van der Waals surface area contributed by atoms with E-state index in [1.165, 1.54) is 6.07 Å². The molecule has 1 N–H and O–H groups in total. The maximum Gasteiger partial charge on any atom is 0.130 e. The van der Waals surface area contributed by atoms with Crippen molar-refractivity contribution in [3.05, 3.63) is 71.0 Å². The first-order valence-electron chi connectivity index (χ1n) is 6.45. The zero-order valence-electron chi connectivity index (χ0n) is 11.1. The first kappa shape index (κ1) is 12.6. The molecule has 1 aliphatic heterocycles. The molecule has 1 heterocycles. The number of halogens is 1. The Hall–Kier alpha value is -2.42. The third kappa shape index (κ3) is 2.23. The van der Waals surface area contributed by atoms with Crippen molar-refractivity contribution in [1.82, 2.24) is 0 Å². The Morgan fingerprint density at radius 1 is 1.10 bits per heavy atom. The fraction of sp³-hybridized carbons (Fsp3) is 0.118. The largest absolute Gasteiger partial charge is 0.507 e. The number of para-hydroxylation sites is 1. The summed E-state index contributed by atoms with van der Waals surface area (Å²) in [7, 11) is 0. The molecule has 2 nitrogen and oxygen atoms in total. The average Bonchev–Trinajstić information content (AvgIpc) is 2.91. The van der Waals surface area contributed by atoms with E-state index in [2.05, 4.69) is 4.99 Å². The second-order valence-corrected chi connectivity index (χ2v) is 4.87. The lowest BCUT2D eigenvalue weighted by atomic mass is 10.0. The number of allylic oxidation sites excluding steroid dienone is 1. The molecule has 0 atom stereocenters. The number of phenols is 1. The van der Waals surface area contributed by atoms with Crippen molar-refractivity contribution in [2.75, 3.05) is 6.54 Å². The number of nitrogens with zero attached hydrogens (tertiary/aromatic N) is 1. The quantitative estimate of drug-likeness (QED) is 0.883. The van der Waals surface area contributed by atoms with E-state index in [0.717, 1.165) is 11.1 Å². The highest BCUT2D eigenvalue weighted by atomic mass is 19.1. The van der Waals surface area contributed by atoms with Gasteiger partial charge in [-0.1, -0.05) is 23.8 Å². The standard InChI is InChI=1S/C17H14FNO/c1-11-6-7-15(18)14(8-11)12-9-16(19-10-12)13-4-2-3-5-17(13)20/h2-9,20H,10H2,1H3. The van der Waals surface area contributed by atoms with Crippen molar-refractivity contribution in [3.63, 3.8) is 0 Å². The lowest BCUT2D eigenvalue weighted by Crippen LogP contribution is -1.94. The summed E-state index contributed by atoms with van der Waals surface area (Å²) in [6.07, 6.45) is 1.84. The molecule has 2 aromatic carbocycles. The zero-order chi connectivity index (χ0) is 14.1. The fourth-order valence-electron chi connectivity index (χ4n) is 2.33. The third-order valence-corrected chi connectivity index (χ3v) is 3.38. The molecule has 3 heteroatoms. The summed E-state index contributed by atoms with van der Waals surface area (Å²) in [4.78, 5) is 4.39. The van der Waals surface area contributed by atoms with Gasteiger partial charge in [0.1, 0.15) is 11.6 Å². The lowest BCUT2D eigenvalue weighted by Gasteiger charge is -2.04. The van der Waals surface area contributed by atoms with Crippen LogP contribution in [-0.2, 0) is 0 Å². The molecule has 3 rings (SSSR count). The Balaban J connectivity index is 1.99. The smallest absolute Gasteiger partial charge is 0.130 e. The predicted octanol–water partition coefficient (Wildman–Crippen LogP) is 3.73. The van der Waals surface area contributed by atoms with Crippen LogP contribution < -0.4 is 0 Å². The van der Waals surface area contributed by atoms with Gasteiger partial charge in [-0.15, -0.1) is 0 Å². The summed E-state index contributed by atoms with van der Waals surface area (Å²) in [6.45, 7) is 2.37. The summed E-state index contributed by atoms with van der Waals surface area (Å²) in [5, 5.41) is 9.84. The van der Waals surface area contributed by atoms with Gasteiger partial charge in [-0.05, 0) is 42.8 Å². The minimum Gasteiger partial charge on any atom is -0.507 e. The van der Waals surface area contributed by atoms with Crippen molar-refractivity contribution < 1.29 is 9.50 Å². The van der Waals surface area contributed by atoms with Gasteiger partial charge in [0.2, 0.25) is 0 Å². The van der Waals surface area contributed by atoms with Gasteiger partial charge in [-0.3, -0.25) is 4.99 Å². The molecular formula is C17H14FNO. The number of aryl methyl sites for hydroxylation is 1. The molecule has 2 aromatic rings. The molecule has 0 aliphatic carbocycles. The van der Waals surface area contributed by atoms with E-state index >= 15 is 0 Å². The highest BCUT2D eigenvalue weighted by Crippen LogP contribution is 2.27. The highest BCUT2D eigenvalue weighted by molar-refractivity contribution is 6.16. The maximum atomic E-state index is 13.9. The molecule has 20 heavy (non-hydrogen) atoms. The Morgan fingerprint density at radius 3 is 2.70 bits per heavy atom. The summed E-state index contributed by atoms with van der Waals surface area (Å²) in [5.74, 6) is -0.0518. The molecule has 100 valence electrons. The monoisotopic (exact) mass is 267 g/mol. The number of hydrogen-bond acceptors (Lipinski definition) is 2. The Bertz CT molecular complexity index is 732. The van der Waals surface area contributed by atoms with E-state index in [0.29, 0.717) is 23.4 Å². The summed E-state index contributed by atoms with van der Waals surface area (Å²) >= 11 is 0. The Morgan fingerprint density at radius 2 is 1.90 bits per heavy atom. The first-order chi connectivity index (χ1) is 9.65.